The molecule has 1 saturated carbocycles. The second-order valence-electron chi connectivity index (χ2n) is 3.95. The molecule has 1 aromatic rings. The van der Waals surface area contributed by atoms with E-state index in [4.69, 9.17) is 10.5 Å². The summed E-state index contributed by atoms with van der Waals surface area (Å²) in [6.45, 7) is 0. The molecule has 2 rings (SSSR count). The van der Waals surface area contributed by atoms with Gasteiger partial charge in [0.1, 0.15) is 10.4 Å². The standard InChI is InChI=1S/C10H15BrN4O/c1-16-7-3-2-6(4-7)13-10-14-8(11)5-9(12)15-10/h5-7H,2-4H2,1H3,(H3,12,13,14,15). The number of hydrogen-bond donors (Lipinski definition) is 2. The Bertz CT molecular complexity index is 354. The van der Waals surface area contributed by atoms with Crippen LogP contribution in [0.25, 0.3) is 0 Å². The third-order valence-electron chi connectivity index (χ3n) is 2.77. The van der Waals surface area contributed by atoms with E-state index in [0.29, 0.717) is 28.5 Å². The molecule has 6 heteroatoms. The first-order valence-electron chi connectivity index (χ1n) is 5.27. The van der Waals surface area contributed by atoms with E-state index < -0.39 is 0 Å². The van der Waals surface area contributed by atoms with E-state index in [-0.39, 0.29) is 0 Å². The maximum atomic E-state index is 5.64. The molecule has 1 aliphatic carbocycles. The molecule has 2 unspecified atom stereocenters. The van der Waals surface area contributed by atoms with Gasteiger partial charge in [-0.25, -0.2) is 4.98 Å². The van der Waals surface area contributed by atoms with Crippen molar-refractivity contribution in [1.29, 1.82) is 0 Å². The van der Waals surface area contributed by atoms with Crippen molar-refractivity contribution in [2.45, 2.75) is 31.4 Å². The van der Waals surface area contributed by atoms with Crippen LogP contribution in [0.5, 0.6) is 0 Å². The summed E-state index contributed by atoms with van der Waals surface area (Å²) in [5.41, 5.74) is 5.64. The van der Waals surface area contributed by atoms with Crippen molar-refractivity contribution >= 4 is 27.7 Å². The lowest BCUT2D eigenvalue weighted by Crippen LogP contribution is -2.19. The lowest BCUT2D eigenvalue weighted by atomic mass is 10.2. The summed E-state index contributed by atoms with van der Waals surface area (Å²) in [5.74, 6) is 1.04. The van der Waals surface area contributed by atoms with E-state index in [2.05, 4.69) is 31.2 Å². The fourth-order valence-electron chi connectivity index (χ4n) is 1.97. The SMILES string of the molecule is COC1CCC(Nc2nc(N)cc(Br)n2)C1. The average Bonchev–Trinajstić information content (AvgIpc) is 2.64. The van der Waals surface area contributed by atoms with Crippen LogP contribution in [-0.4, -0.2) is 29.2 Å². The molecule has 0 bridgehead atoms. The smallest absolute Gasteiger partial charge is 0.225 e. The molecule has 0 spiro atoms. The van der Waals surface area contributed by atoms with E-state index in [1.54, 1.807) is 13.2 Å². The number of ether oxygens (including phenoxy) is 1. The molecule has 0 amide bonds. The van der Waals surface area contributed by atoms with Crippen LogP contribution >= 0.6 is 15.9 Å². The Kier molecular flexibility index (Phi) is 3.60. The van der Waals surface area contributed by atoms with Gasteiger partial charge in [-0.2, -0.15) is 4.98 Å². The summed E-state index contributed by atoms with van der Waals surface area (Å²) in [7, 11) is 1.75. The Balaban J connectivity index is 1.99. The van der Waals surface area contributed by atoms with Crippen LogP contribution in [0.4, 0.5) is 11.8 Å². The number of nitrogens with one attached hydrogen (secondary N) is 1. The molecular weight excluding hydrogens is 272 g/mol. The Morgan fingerprint density at radius 2 is 2.31 bits per heavy atom. The molecule has 1 fully saturated rings. The van der Waals surface area contributed by atoms with Crippen molar-refractivity contribution in [3.8, 4) is 0 Å². The molecule has 1 heterocycles. The van der Waals surface area contributed by atoms with Gasteiger partial charge in [-0.15, -0.1) is 0 Å². The van der Waals surface area contributed by atoms with Crippen LogP contribution in [0.15, 0.2) is 10.7 Å². The van der Waals surface area contributed by atoms with Crippen LogP contribution < -0.4 is 11.1 Å². The van der Waals surface area contributed by atoms with Gasteiger partial charge in [-0.1, -0.05) is 0 Å². The Morgan fingerprint density at radius 3 is 2.94 bits per heavy atom. The largest absolute Gasteiger partial charge is 0.383 e. The zero-order chi connectivity index (χ0) is 11.5. The van der Waals surface area contributed by atoms with Crippen LogP contribution in [0.3, 0.4) is 0 Å². The summed E-state index contributed by atoms with van der Waals surface area (Å²) in [6, 6.07) is 2.05. The first kappa shape index (κ1) is 11.6. The number of aromatic nitrogens is 2. The van der Waals surface area contributed by atoms with E-state index in [1.165, 1.54) is 0 Å². The fourth-order valence-corrected chi connectivity index (χ4v) is 2.37. The predicted molar refractivity (Wildman–Crippen MR) is 66.2 cm³/mol. The van der Waals surface area contributed by atoms with Gasteiger partial charge in [0.15, 0.2) is 0 Å². The number of halogens is 1. The van der Waals surface area contributed by atoms with Crippen molar-refractivity contribution in [2.24, 2.45) is 0 Å². The normalized spacial score (nSPS) is 24.6. The Hall–Kier alpha value is -0.880. The average molecular weight is 287 g/mol. The first-order valence-corrected chi connectivity index (χ1v) is 6.06. The molecule has 88 valence electrons. The third-order valence-corrected chi connectivity index (χ3v) is 3.17. The summed E-state index contributed by atoms with van der Waals surface area (Å²) in [4.78, 5) is 8.36. The molecule has 5 nitrogen and oxygen atoms in total. The van der Waals surface area contributed by atoms with Crippen molar-refractivity contribution in [3.63, 3.8) is 0 Å². The first-order chi connectivity index (χ1) is 7.67. The van der Waals surface area contributed by atoms with Crippen LogP contribution in [0.2, 0.25) is 0 Å². The molecule has 16 heavy (non-hydrogen) atoms. The Morgan fingerprint density at radius 1 is 1.50 bits per heavy atom. The molecular formula is C10H15BrN4O. The molecule has 0 saturated heterocycles. The number of anilines is 2. The minimum atomic E-state index is 0.349. The van der Waals surface area contributed by atoms with Gasteiger partial charge in [-0.05, 0) is 35.2 Å². The molecule has 1 aliphatic rings. The molecule has 0 radical (unpaired) electrons. The highest BCUT2D eigenvalue weighted by atomic mass is 79.9. The van der Waals surface area contributed by atoms with E-state index >= 15 is 0 Å². The van der Waals surface area contributed by atoms with Gasteiger partial charge >= 0.3 is 0 Å². The lowest BCUT2D eigenvalue weighted by Gasteiger charge is -2.13. The van der Waals surface area contributed by atoms with Crippen molar-refractivity contribution in [1.82, 2.24) is 9.97 Å². The molecule has 2 atom stereocenters. The minimum absolute atomic E-state index is 0.349. The van der Waals surface area contributed by atoms with Crippen LogP contribution in [-0.2, 0) is 4.74 Å². The number of rotatable bonds is 3. The topological polar surface area (TPSA) is 73.1 Å². The minimum Gasteiger partial charge on any atom is -0.383 e. The second kappa shape index (κ2) is 4.97. The molecule has 3 N–H and O–H groups in total. The van der Waals surface area contributed by atoms with E-state index in [0.717, 1.165) is 19.3 Å². The number of nitrogens with two attached hydrogens (primary N) is 1. The van der Waals surface area contributed by atoms with Crippen molar-refractivity contribution in [3.05, 3.63) is 10.7 Å². The van der Waals surface area contributed by atoms with Gasteiger partial charge in [0.25, 0.3) is 0 Å². The van der Waals surface area contributed by atoms with E-state index in [9.17, 15) is 0 Å². The van der Waals surface area contributed by atoms with Gasteiger partial charge in [0, 0.05) is 19.2 Å². The van der Waals surface area contributed by atoms with Crippen molar-refractivity contribution < 1.29 is 4.74 Å². The van der Waals surface area contributed by atoms with Gasteiger partial charge < -0.3 is 15.8 Å². The molecule has 0 aliphatic heterocycles. The molecule has 1 aromatic heterocycles. The highest BCUT2D eigenvalue weighted by molar-refractivity contribution is 9.10. The number of nitrogens with zero attached hydrogens (tertiary/aromatic N) is 2. The summed E-state index contributed by atoms with van der Waals surface area (Å²) in [6.07, 6.45) is 3.50. The monoisotopic (exact) mass is 286 g/mol. The number of hydrogen-bond acceptors (Lipinski definition) is 5. The zero-order valence-corrected chi connectivity index (χ0v) is 10.7. The van der Waals surface area contributed by atoms with Crippen LogP contribution in [0, 0.1) is 0 Å². The Labute approximate surface area is 103 Å². The maximum absolute atomic E-state index is 5.64. The maximum Gasteiger partial charge on any atom is 0.225 e. The number of methoxy groups -OCH3 is 1. The quantitative estimate of drug-likeness (QED) is 0.829. The highest BCUT2D eigenvalue weighted by Gasteiger charge is 2.24. The summed E-state index contributed by atoms with van der Waals surface area (Å²) >= 11 is 3.29. The third kappa shape index (κ3) is 2.82. The lowest BCUT2D eigenvalue weighted by molar-refractivity contribution is 0.108. The second-order valence-corrected chi connectivity index (χ2v) is 4.76. The number of nitrogen functional groups attached to an aromatic ring is 1. The van der Waals surface area contributed by atoms with Gasteiger partial charge in [-0.3, -0.25) is 0 Å². The van der Waals surface area contributed by atoms with Gasteiger partial charge in [0.05, 0.1) is 6.10 Å². The van der Waals surface area contributed by atoms with Crippen molar-refractivity contribution in [2.75, 3.05) is 18.2 Å². The summed E-state index contributed by atoms with van der Waals surface area (Å²) < 4.78 is 6.01. The zero-order valence-electron chi connectivity index (χ0n) is 9.11. The fraction of sp³-hybridized carbons (Fsp3) is 0.600. The van der Waals surface area contributed by atoms with E-state index in [1.807, 2.05) is 0 Å². The highest BCUT2D eigenvalue weighted by Crippen LogP contribution is 2.24. The summed E-state index contributed by atoms with van der Waals surface area (Å²) in [5, 5.41) is 3.27. The predicted octanol–water partition coefficient (Wildman–Crippen LogP) is 1.80. The van der Waals surface area contributed by atoms with Crippen LogP contribution in [0.1, 0.15) is 19.3 Å². The molecule has 0 aromatic carbocycles. The van der Waals surface area contributed by atoms with Gasteiger partial charge in [0.2, 0.25) is 5.95 Å².